The predicted octanol–water partition coefficient (Wildman–Crippen LogP) is 4.02. The third-order valence-electron chi connectivity index (χ3n) is 4.51. The Labute approximate surface area is 163 Å². The van der Waals surface area contributed by atoms with Gasteiger partial charge in [0.25, 0.3) is 0 Å². The molecule has 0 atom stereocenters. The highest BCUT2D eigenvalue weighted by atomic mass is 19.1. The number of carbonyl (C=O) groups is 2. The monoisotopic (exact) mass is 376 g/mol. The first-order valence-electron chi connectivity index (χ1n) is 9.00. The van der Waals surface area contributed by atoms with E-state index < -0.39 is 17.6 Å². The summed E-state index contributed by atoms with van der Waals surface area (Å²) in [6.07, 6.45) is 0. The van der Waals surface area contributed by atoms with Crippen molar-refractivity contribution in [3.63, 3.8) is 0 Å². The molecule has 0 saturated heterocycles. The first kappa shape index (κ1) is 19.3. The van der Waals surface area contributed by atoms with Crippen molar-refractivity contribution in [1.29, 1.82) is 0 Å². The number of hydrogen-bond acceptors (Lipinski definition) is 2. The van der Waals surface area contributed by atoms with E-state index in [2.05, 4.69) is 10.6 Å². The van der Waals surface area contributed by atoms with E-state index in [1.165, 1.54) is 6.07 Å². The second-order valence-corrected chi connectivity index (χ2v) is 6.50. The third-order valence-corrected chi connectivity index (χ3v) is 4.51. The maximum atomic E-state index is 13.6. The molecular weight excluding hydrogens is 355 g/mol. The highest BCUT2D eigenvalue weighted by Gasteiger charge is 2.19. The summed E-state index contributed by atoms with van der Waals surface area (Å²) in [6, 6.07) is 23.8. The van der Waals surface area contributed by atoms with Crippen LogP contribution in [-0.2, 0) is 9.59 Å². The Balaban J connectivity index is 1.68. The topological polar surface area (TPSA) is 58.2 Å². The summed E-state index contributed by atoms with van der Waals surface area (Å²) < 4.78 is 13.6. The lowest BCUT2D eigenvalue weighted by molar-refractivity contribution is -0.136. The molecule has 0 heterocycles. The lowest BCUT2D eigenvalue weighted by Gasteiger charge is -2.18. The van der Waals surface area contributed by atoms with Gasteiger partial charge in [-0.2, -0.15) is 0 Å². The molecule has 0 bridgehead atoms. The minimum atomic E-state index is -0.830. The molecule has 0 unspecified atom stereocenters. The average Bonchev–Trinajstić information content (AvgIpc) is 2.72. The molecule has 0 fully saturated rings. The number of benzene rings is 3. The van der Waals surface area contributed by atoms with Crippen LogP contribution in [0.15, 0.2) is 78.9 Å². The first-order valence-corrected chi connectivity index (χ1v) is 9.00. The second-order valence-electron chi connectivity index (χ2n) is 6.50. The molecule has 0 aliphatic heterocycles. The summed E-state index contributed by atoms with van der Waals surface area (Å²) in [4.78, 5) is 24.4. The molecule has 0 radical (unpaired) electrons. The molecule has 0 saturated carbocycles. The fraction of sp³-hybridized carbons (Fsp3) is 0.130. The van der Waals surface area contributed by atoms with E-state index >= 15 is 0 Å². The van der Waals surface area contributed by atoms with Gasteiger partial charge >= 0.3 is 11.8 Å². The summed E-state index contributed by atoms with van der Waals surface area (Å²) >= 11 is 0. The van der Waals surface area contributed by atoms with Crippen LogP contribution < -0.4 is 10.6 Å². The third kappa shape index (κ3) is 4.82. The summed E-state index contributed by atoms with van der Waals surface area (Å²) in [6.45, 7) is 1.89. The molecule has 142 valence electrons. The van der Waals surface area contributed by atoms with Gasteiger partial charge in [0.15, 0.2) is 0 Å². The summed E-state index contributed by atoms with van der Waals surface area (Å²) in [5.41, 5.74) is 2.78. The zero-order valence-corrected chi connectivity index (χ0v) is 15.5. The van der Waals surface area contributed by atoms with E-state index in [4.69, 9.17) is 0 Å². The normalized spacial score (nSPS) is 10.5. The van der Waals surface area contributed by atoms with Crippen molar-refractivity contribution >= 4 is 17.5 Å². The lowest BCUT2D eigenvalue weighted by Crippen LogP contribution is -2.37. The minimum Gasteiger partial charge on any atom is -0.347 e. The van der Waals surface area contributed by atoms with Crippen LogP contribution in [-0.4, -0.2) is 18.4 Å². The first-order chi connectivity index (χ1) is 13.5. The van der Waals surface area contributed by atoms with Crippen molar-refractivity contribution in [2.45, 2.75) is 12.8 Å². The number of carbonyl (C=O) groups excluding carboxylic acids is 2. The van der Waals surface area contributed by atoms with Crippen LogP contribution >= 0.6 is 0 Å². The maximum Gasteiger partial charge on any atom is 0.313 e. The van der Waals surface area contributed by atoms with Crippen LogP contribution in [0.25, 0.3) is 0 Å². The van der Waals surface area contributed by atoms with Crippen molar-refractivity contribution < 1.29 is 14.0 Å². The van der Waals surface area contributed by atoms with Gasteiger partial charge in [-0.05, 0) is 35.7 Å². The van der Waals surface area contributed by atoms with Gasteiger partial charge in [-0.3, -0.25) is 9.59 Å². The van der Waals surface area contributed by atoms with Gasteiger partial charge in [0.2, 0.25) is 0 Å². The number of rotatable bonds is 5. The Morgan fingerprint density at radius 3 is 1.96 bits per heavy atom. The van der Waals surface area contributed by atoms with Crippen molar-refractivity contribution in [1.82, 2.24) is 5.32 Å². The quantitative estimate of drug-likeness (QED) is 0.661. The van der Waals surface area contributed by atoms with Crippen molar-refractivity contribution in [3.05, 3.63) is 101 Å². The number of amides is 2. The van der Waals surface area contributed by atoms with E-state index in [1.54, 1.807) is 19.1 Å². The van der Waals surface area contributed by atoms with Gasteiger partial charge in [-0.25, -0.2) is 4.39 Å². The molecule has 28 heavy (non-hydrogen) atoms. The number of halogens is 1. The Morgan fingerprint density at radius 2 is 1.43 bits per heavy atom. The molecule has 2 amide bonds. The van der Waals surface area contributed by atoms with Crippen molar-refractivity contribution in [3.8, 4) is 0 Å². The fourth-order valence-electron chi connectivity index (χ4n) is 2.93. The van der Waals surface area contributed by atoms with E-state index in [-0.39, 0.29) is 18.2 Å². The molecule has 5 heteroatoms. The molecular formula is C23H21FN2O2. The van der Waals surface area contributed by atoms with Crippen LogP contribution in [0.5, 0.6) is 0 Å². The molecule has 4 nitrogen and oxygen atoms in total. The van der Waals surface area contributed by atoms with Crippen LogP contribution in [0, 0.1) is 12.7 Å². The molecule has 3 rings (SSSR count). The Morgan fingerprint density at radius 1 is 0.857 bits per heavy atom. The lowest BCUT2D eigenvalue weighted by atomic mass is 9.91. The highest BCUT2D eigenvalue weighted by Crippen LogP contribution is 2.23. The number of anilines is 1. The summed E-state index contributed by atoms with van der Waals surface area (Å²) in [5, 5.41) is 5.10. The zero-order chi connectivity index (χ0) is 19.9. The van der Waals surface area contributed by atoms with Crippen molar-refractivity contribution in [2.75, 3.05) is 11.9 Å². The Bertz CT molecular complexity index is 919. The molecule has 0 spiro atoms. The van der Waals surface area contributed by atoms with Crippen LogP contribution in [0.4, 0.5) is 10.1 Å². The van der Waals surface area contributed by atoms with Crippen LogP contribution in [0.3, 0.4) is 0 Å². The smallest absolute Gasteiger partial charge is 0.313 e. The molecule has 3 aromatic carbocycles. The Kier molecular flexibility index (Phi) is 6.17. The zero-order valence-electron chi connectivity index (χ0n) is 15.5. The van der Waals surface area contributed by atoms with Crippen LogP contribution in [0.1, 0.15) is 22.6 Å². The molecule has 0 aliphatic rings. The maximum absolute atomic E-state index is 13.6. The number of nitrogens with one attached hydrogen (secondary N) is 2. The minimum absolute atomic E-state index is 0.0871. The number of hydrogen-bond donors (Lipinski definition) is 2. The summed E-state index contributed by atoms with van der Waals surface area (Å²) in [7, 11) is 0. The molecule has 0 aliphatic carbocycles. The predicted molar refractivity (Wildman–Crippen MR) is 108 cm³/mol. The van der Waals surface area contributed by atoms with Crippen LogP contribution in [0.2, 0.25) is 0 Å². The largest absolute Gasteiger partial charge is 0.347 e. The average molecular weight is 376 g/mol. The number of aryl methyl sites for hydroxylation is 1. The van der Waals surface area contributed by atoms with E-state index in [0.29, 0.717) is 5.56 Å². The van der Waals surface area contributed by atoms with Gasteiger partial charge in [-0.1, -0.05) is 66.7 Å². The summed E-state index contributed by atoms with van der Waals surface area (Å²) in [5.74, 6) is -2.12. The van der Waals surface area contributed by atoms with Gasteiger partial charge in [0.1, 0.15) is 5.82 Å². The van der Waals surface area contributed by atoms with Gasteiger partial charge in [0, 0.05) is 18.2 Å². The van der Waals surface area contributed by atoms with Gasteiger partial charge in [-0.15, -0.1) is 0 Å². The fourth-order valence-corrected chi connectivity index (χ4v) is 2.93. The molecule has 3 aromatic rings. The highest BCUT2D eigenvalue weighted by molar-refractivity contribution is 6.39. The second kappa shape index (κ2) is 8.95. The van der Waals surface area contributed by atoms with Crippen molar-refractivity contribution in [2.24, 2.45) is 0 Å². The van der Waals surface area contributed by atoms with E-state index in [1.807, 2.05) is 60.7 Å². The van der Waals surface area contributed by atoms with Gasteiger partial charge in [0.05, 0.1) is 0 Å². The SMILES string of the molecule is Cc1ccc(NC(=O)C(=O)NCC(c2ccccc2)c2ccccc2)cc1F. The van der Waals surface area contributed by atoms with Gasteiger partial charge < -0.3 is 10.6 Å². The van der Waals surface area contributed by atoms with E-state index in [9.17, 15) is 14.0 Å². The molecule has 0 aromatic heterocycles. The van der Waals surface area contributed by atoms with E-state index in [0.717, 1.165) is 11.1 Å². The Hall–Kier alpha value is -3.47. The standard InChI is InChI=1S/C23H21FN2O2/c1-16-12-13-19(14-21(16)24)26-23(28)22(27)25-15-20(17-8-4-2-5-9-17)18-10-6-3-7-11-18/h2-14,20H,15H2,1H3,(H,25,27)(H,26,28). The molecule has 2 N–H and O–H groups in total.